The van der Waals surface area contributed by atoms with Crippen LogP contribution in [0, 0.1) is 13.7 Å². The minimum Gasteiger partial charge on any atom is -0.482 e. The maximum absolute atomic E-state index is 11.0. The van der Waals surface area contributed by atoms with E-state index in [0.717, 1.165) is 9.13 Å². The SMILES string of the molecule is NCc1ccc(OCc2ccc(I)cc2)c([N+](=O)[O-])c1. The second-order valence-electron chi connectivity index (χ2n) is 4.18. The Morgan fingerprint density at radius 2 is 1.80 bits per heavy atom. The van der Waals surface area contributed by atoms with Gasteiger partial charge in [-0.1, -0.05) is 18.2 Å². The summed E-state index contributed by atoms with van der Waals surface area (Å²) in [5.41, 5.74) is 7.09. The highest BCUT2D eigenvalue weighted by atomic mass is 127. The Kier molecular flexibility index (Phi) is 4.91. The lowest BCUT2D eigenvalue weighted by atomic mass is 10.2. The van der Waals surface area contributed by atoms with Crippen LogP contribution >= 0.6 is 22.6 Å². The molecule has 6 heteroatoms. The summed E-state index contributed by atoms with van der Waals surface area (Å²) in [4.78, 5) is 10.6. The second-order valence-corrected chi connectivity index (χ2v) is 5.42. The molecule has 2 aromatic carbocycles. The summed E-state index contributed by atoms with van der Waals surface area (Å²) in [6, 6.07) is 12.6. The van der Waals surface area contributed by atoms with Crippen molar-refractivity contribution in [3.63, 3.8) is 0 Å². The van der Waals surface area contributed by atoms with Crippen LogP contribution in [0.25, 0.3) is 0 Å². The monoisotopic (exact) mass is 384 g/mol. The number of nitro groups is 1. The van der Waals surface area contributed by atoms with Crippen molar-refractivity contribution in [2.45, 2.75) is 13.2 Å². The molecule has 0 radical (unpaired) electrons. The van der Waals surface area contributed by atoms with E-state index in [2.05, 4.69) is 22.6 Å². The van der Waals surface area contributed by atoms with Crippen molar-refractivity contribution in [3.05, 3.63) is 67.3 Å². The van der Waals surface area contributed by atoms with Crippen LogP contribution < -0.4 is 10.5 Å². The molecule has 5 nitrogen and oxygen atoms in total. The van der Waals surface area contributed by atoms with Gasteiger partial charge in [0.2, 0.25) is 0 Å². The van der Waals surface area contributed by atoms with E-state index in [9.17, 15) is 10.1 Å². The van der Waals surface area contributed by atoms with Crippen LogP contribution in [0.1, 0.15) is 11.1 Å². The number of halogens is 1. The lowest BCUT2D eigenvalue weighted by Gasteiger charge is -2.08. The number of ether oxygens (including phenoxy) is 1. The Hall–Kier alpha value is -1.67. The smallest absolute Gasteiger partial charge is 0.311 e. The first-order valence-corrected chi connectivity index (χ1v) is 7.02. The summed E-state index contributed by atoms with van der Waals surface area (Å²) in [5, 5.41) is 11.0. The summed E-state index contributed by atoms with van der Waals surface area (Å²) in [5.74, 6) is 0.255. The number of nitrogens with zero attached hydrogens (tertiary/aromatic N) is 1. The first kappa shape index (κ1) is 14.7. The van der Waals surface area contributed by atoms with Crippen LogP contribution in [0.4, 0.5) is 5.69 Å². The lowest BCUT2D eigenvalue weighted by Crippen LogP contribution is -2.02. The van der Waals surface area contributed by atoms with Crippen molar-refractivity contribution in [1.82, 2.24) is 0 Å². The van der Waals surface area contributed by atoms with Crippen LogP contribution in [0.2, 0.25) is 0 Å². The fourth-order valence-corrected chi connectivity index (χ4v) is 2.06. The molecule has 0 aromatic heterocycles. The van der Waals surface area contributed by atoms with Gasteiger partial charge in [-0.2, -0.15) is 0 Å². The molecule has 2 N–H and O–H groups in total. The standard InChI is InChI=1S/C14H13IN2O3/c15-12-4-1-10(2-5-12)9-20-14-6-3-11(8-16)7-13(14)17(18)19/h1-7H,8-9,16H2. The molecule has 0 aliphatic rings. The van der Waals surface area contributed by atoms with Crippen LogP contribution in [-0.4, -0.2) is 4.92 Å². The molecule has 0 unspecified atom stereocenters. The second kappa shape index (κ2) is 6.67. The first-order chi connectivity index (χ1) is 9.60. The molecular weight excluding hydrogens is 371 g/mol. The number of hydrogen-bond donors (Lipinski definition) is 1. The highest BCUT2D eigenvalue weighted by Gasteiger charge is 2.15. The minimum atomic E-state index is -0.456. The van der Waals surface area contributed by atoms with E-state index in [-0.39, 0.29) is 18.0 Å². The molecule has 0 fully saturated rings. The fourth-order valence-electron chi connectivity index (χ4n) is 1.70. The van der Waals surface area contributed by atoms with Crippen LogP contribution in [0.3, 0.4) is 0 Å². The van der Waals surface area contributed by atoms with Gasteiger partial charge in [-0.25, -0.2) is 0 Å². The maximum Gasteiger partial charge on any atom is 0.311 e. The van der Waals surface area contributed by atoms with Crippen molar-refractivity contribution >= 4 is 28.3 Å². The van der Waals surface area contributed by atoms with E-state index < -0.39 is 4.92 Å². The van der Waals surface area contributed by atoms with E-state index in [4.69, 9.17) is 10.5 Å². The molecule has 0 spiro atoms. The van der Waals surface area contributed by atoms with Gasteiger partial charge in [-0.15, -0.1) is 0 Å². The summed E-state index contributed by atoms with van der Waals surface area (Å²) in [6.07, 6.45) is 0. The third kappa shape index (κ3) is 3.67. The van der Waals surface area contributed by atoms with Gasteiger partial charge in [-0.05, 0) is 51.9 Å². The summed E-state index contributed by atoms with van der Waals surface area (Å²) < 4.78 is 6.67. The summed E-state index contributed by atoms with van der Waals surface area (Å²) in [6.45, 7) is 0.554. The van der Waals surface area contributed by atoms with Crippen LogP contribution in [0.5, 0.6) is 5.75 Å². The van der Waals surface area contributed by atoms with Gasteiger partial charge in [0.15, 0.2) is 5.75 Å². The highest BCUT2D eigenvalue weighted by molar-refractivity contribution is 14.1. The maximum atomic E-state index is 11.0. The molecule has 0 atom stereocenters. The lowest BCUT2D eigenvalue weighted by molar-refractivity contribution is -0.386. The average molecular weight is 384 g/mol. The number of hydrogen-bond acceptors (Lipinski definition) is 4. The Morgan fingerprint density at radius 1 is 1.15 bits per heavy atom. The van der Waals surface area contributed by atoms with E-state index in [1.54, 1.807) is 12.1 Å². The highest BCUT2D eigenvalue weighted by Crippen LogP contribution is 2.28. The number of rotatable bonds is 5. The first-order valence-electron chi connectivity index (χ1n) is 5.95. The van der Waals surface area contributed by atoms with Crippen molar-refractivity contribution in [2.24, 2.45) is 5.73 Å². The van der Waals surface area contributed by atoms with E-state index in [1.807, 2.05) is 24.3 Å². The predicted octanol–water partition coefficient (Wildman–Crippen LogP) is 3.24. The van der Waals surface area contributed by atoms with Crippen molar-refractivity contribution in [2.75, 3.05) is 0 Å². The van der Waals surface area contributed by atoms with Gasteiger partial charge < -0.3 is 10.5 Å². The molecule has 2 rings (SSSR count). The molecule has 0 aliphatic heterocycles. The molecule has 0 saturated carbocycles. The zero-order valence-corrected chi connectivity index (χ0v) is 12.7. The third-order valence-electron chi connectivity index (χ3n) is 2.76. The molecule has 0 aliphatic carbocycles. The van der Waals surface area contributed by atoms with Crippen LogP contribution in [0.15, 0.2) is 42.5 Å². The molecule has 0 amide bonds. The zero-order valence-electron chi connectivity index (χ0n) is 10.6. The summed E-state index contributed by atoms with van der Waals surface area (Å²) in [7, 11) is 0. The Labute approximate surface area is 130 Å². The van der Waals surface area contributed by atoms with Gasteiger partial charge in [-0.3, -0.25) is 10.1 Å². The van der Waals surface area contributed by atoms with Crippen LogP contribution in [-0.2, 0) is 13.2 Å². The fraction of sp³-hybridized carbons (Fsp3) is 0.143. The van der Waals surface area contributed by atoms with Gasteiger partial charge in [0.1, 0.15) is 6.61 Å². The van der Waals surface area contributed by atoms with E-state index in [0.29, 0.717) is 12.2 Å². The van der Waals surface area contributed by atoms with Gasteiger partial charge in [0, 0.05) is 16.2 Å². The minimum absolute atomic E-state index is 0.0570. The predicted molar refractivity (Wildman–Crippen MR) is 84.5 cm³/mol. The van der Waals surface area contributed by atoms with Crippen molar-refractivity contribution in [1.29, 1.82) is 0 Å². The third-order valence-corrected chi connectivity index (χ3v) is 3.48. The Bertz CT molecular complexity index is 614. The van der Waals surface area contributed by atoms with Gasteiger partial charge in [0.25, 0.3) is 0 Å². The van der Waals surface area contributed by atoms with Gasteiger partial charge >= 0.3 is 5.69 Å². The zero-order chi connectivity index (χ0) is 14.5. The number of nitrogens with two attached hydrogens (primary N) is 1. The van der Waals surface area contributed by atoms with E-state index >= 15 is 0 Å². The van der Waals surface area contributed by atoms with Gasteiger partial charge in [0.05, 0.1) is 4.92 Å². The number of benzene rings is 2. The average Bonchev–Trinajstić information content (AvgIpc) is 2.46. The molecule has 2 aromatic rings. The molecule has 0 saturated heterocycles. The van der Waals surface area contributed by atoms with Crippen molar-refractivity contribution < 1.29 is 9.66 Å². The number of nitro benzene ring substituents is 1. The molecule has 0 heterocycles. The van der Waals surface area contributed by atoms with E-state index in [1.165, 1.54) is 6.07 Å². The quantitative estimate of drug-likeness (QED) is 0.488. The van der Waals surface area contributed by atoms with Crippen molar-refractivity contribution in [3.8, 4) is 5.75 Å². The normalized spacial score (nSPS) is 10.3. The topological polar surface area (TPSA) is 78.4 Å². The molecule has 0 bridgehead atoms. The summed E-state index contributed by atoms with van der Waals surface area (Å²) >= 11 is 2.22. The molecular formula is C14H13IN2O3. The molecule has 104 valence electrons. The largest absolute Gasteiger partial charge is 0.482 e. The Morgan fingerprint density at radius 3 is 2.40 bits per heavy atom. The Balaban J connectivity index is 2.16. The molecule has 20 heavy (non-hydrogen) atoms.